The van der Waals surface area contributed by atoms with E-state index in [1.807, 2.05) is 24.3 Å². The van der Waals surface area contributed by atoms with Gasteiger partial charge in [-0.2, -0.15) is 0 Å². The largest absolute Gasteiger partial charge is 0.392 e. The van der Waals surface area contributed by atoms with E-state index in [4.69, 9.17) is 4.98 Å². The number of nitrogens with one attached hydrogen (secondary N) is 2. The van der Waals surface area contributed by atoms with Crippen LogP contribution < -0.4 is 10.6 Å². The molecule has 0 unspecified atom stereocenters. The molecule has 6 heteroatoms. The van der Waals surface area contributed by atoms with Gasteiger partial charge >= 0.3 is 0 Å². The maximum atomic E-state index is 12.5. The van der Waals surface area contributed by atoms with Gasteiger partial charge in [0.25, 0.3) is 5.91 Å². The van der Waals surface area contributed by atoms with E-state index in [1.54, 1.807) is 18.2 Å². The quantitative estimate of drug-likeness (QED) is 0.558. The molecule has 1 amide bonds. The van der Waals surface area contributed by atoms with Crippen LogP contribution in [0.3, 0.4) is 0 Å². The van der Waals surface area contributed by atoms with E-state index in [1.165, 1.54) is 10.9 Å². The lowest BCUT2D eigenvalue weighted by atomic mass is 9.91. The zero-order chi connectivity index (χ0) is 20.2. The van der Waals surface area contributed by atoms with Crippen molar-refractivity contribution in [2.24, 2.45) is 0 Å². The summed E-state index contributed by atoms with van der Waals surface area (Å²) in [5.41, 5.74) is 3.60. The number of carbonyl (C=O) groups is 1. The first-order valence-electron chi connectivity index (χ1n) is 10.3. The van der Waals surface area contributed by atoms with E-state index in [0.29, 0.717) is 11.6 Å². The van der Waals surface area contributed by atoms with Gasteiger partial charge in [0.1, 0.15) is 5.82 Å². The lowest BCUT2D eigenvalue weighted by molar-refractivity contribution is 0.0926. The highest BCUT2D eigenvalue weighted by molar-refractivity contribution is 5.94. The van der Waals surface area contributed by atoms with E-state index >= 15 is 0 Å². The van der Waals surface area contributed by atoms with Crippen molar-refractivity contribution in [3.8, 4) is 0 Å². The molecular formula is C24H28ClN3O2. The summed E-state index contributed by atoms with van der Waals surface area (Å²) in [6.45, 7) is 2.06. The number of benzene rings is 2. The number of aryl methyl sites for hydroxylation is 1. The second-order valence-electron chi connectivity index (χ2n) is 7.87. The molecule has 30 heavy (non-hydrogen) atoms. The summed E-state index contributed by atoms with van der Waals surface area (Å²) in [4.78, 5) is 17.2. The molecule has 1 aliphatic rings. The molecule has 0 bridgehead atoms. The number of para-hydroxylation sites is 1. The van der Waals surface area contributed by atoms with Gasteiger partial charge in [-0.3, -0.25) is 4.79 Å². The van der Waals surface area contributed by atoms with Gasteiger partial charge in [0, 0.05) is 23.0 Å². The van der Waals surface area contributed by atoms with Gasteiger partial charge in [0.15, 0.2) is 0 Å². The van der Waals surface area contributed by atoms with Gasteiger partial charge in [0.2, 0.25) is 0 Å². The summed E-state index contributed by atoms with van der Waals surface area (Å²) in [5.74, 6) is 0.859. The first kappa shape index (κ1) is 22.1. The number of aliphatic hydroxyl groups is 1. The molecule has 1 aromatic heterocycles. The number of fused-ring (bicyclic) bond motifs is 1. The standard InChI is InChI=1S/C24H27N3O2.ClH/c1-16-13-23(27-22-8-3-2-7-21(16)22)25-19-9-11-20(12-10-19)26-24(29)18-6-4-5-17(14-18)15-28;/h2-8,13-14,19-20,28H,9-12,15H2,1H3,(H,25,27)(H,26,29);1H/t19-,20+;. The molecule has 1 fully saturated rings. The van der Waals surface area contributed by atoms with Crippen LogP contribution in [0.4, 0.5) is 5.82 Å². The van der Waals surface area contributed by atoms with Gasteiger partial charge in [-0.25, -0.2) is 4.98 Å². The number of aliphatic hydroxyl groups excluding tert-OH is 1. The zero-order valence-electron chi connectivity index (χ0n) is 17.1. The average molecular weight is 426 g/mol. The Morgan fingerprint density at radius 3 is 2.53 bits per heavy atom. The Hall–Kier alpha value is -2.63. The highest BCUT2D eigenvalue weighted by atomic mass is 35.5. The van der Waals surface area contributed by atoms with E-state index < -0.39 is 0 Å². The van der Waals surface area contributed by atoms with Crippen molar-refractivity contribution >= 4 is 35.0 Å². The molecule has 5 nitrogen and oxygen atoms in total. The Balaban J connectivity index is 0.00000256. The van der Waals surface area contributed by atoms with Crippen molar-refractivity contribution in [2.45, 2.75) is 51.3 Å². The normalized spacial score (nSPS) is 18.5. The SMILES string of the molecule is Cc1cc(N[C@H]2CC[C@@H](NC(=O)c3cccc(CO)c3)CC2)nc2ccccc12.Cl. The minimum absolute atomic E-state index is 0. The van der Waals surface area contributed by atoms with Gasteiger partial charge in [-0.15, -0.1) is 12.4 Å². The number of halogens is 1. The predicted octanol–water partition coefficient (Wildman–Crippen LogP) is 4.61. The summed E-state index contributed by atoms with van der Waals surface area (Å²) in [6.07, 6.45) is 3.87. The van der Waals surface area contributed by atoms with Crippen LogP contribution in [0.25, 0.3) is 10.9 Å². The molecule has 2 aromatic carbocycles. The van der Waals surface area contributed by atoms with Crippen LogP contribution in [0.15, 0.2) is 54.6 Å². The number of nitrogens with zero attached hydrogens (tertiary/aromatic N) is 1. The van der Waals surface area contributed by atoms with Crippen molar-refractivity contribution in [3.05, 3.63) is 71.3 Å². The third-order valence-electron chi connectivity index (χ3n) is 5.71. The predicted molar refractivity (Wildman–Crippen MR) is 123 cm³/mol. The number of hydrogen-bond acceptors (Lipinski definition) is 4. The van der Waals surface area contributed by atoms with E-state index in [9.17, 15) is 9.90 Å². The second-order valence-corrected chi connectivity index (χ2v) is 7.87. The fraction of sp³-hybridized carbons (Fsp3) is 0.333. The molecule has 0 spiro atoms. The molecule has 1 aliphatic carbocycles. The number of anilines is 1. The maximum Gasteiger partial charge on any atom is 0.251 e. The highest BCUT2D eigenvalue weighted by Crippen LogP contribution is 2.25. The first-order chi connectivity index (χ1) is 14.1. The molecular weight excluding hydrogens is 398 g/mol. The third-order valence-corrected chi connectivity index (χ3v) is 5.71. The zero-order valence-corrected chi connectivity index (χ0v) is 17.9. The minimum atomic E-state index is -0.0662. The molecule has 0 radical (unpaired) electrons. The Morgan fingerprint density at radius 1 is 1.03 bits per heavy atom. The molecule has 0 aliphatic heterocycles. The van der Waals surface area contributed by atoms with Gasteiger partial charge in [-0.05, 0) is 68.0 Å². The average Bonchev–Trinajstić information content (AvgIpc) is 2.75. The van der Waals surface area contributed by atoms with Crippen molar-refractivity contribution in [2.75, 3.05) is 5.32 Å². The fourth-order valence-corrected chi connectivity index (χ4v) is 4.09. The number of hydrogen-bond donors (Lipinski definition) is 3. The summed E-state index contributed by atoms with van der Waals surface area (Å²) < 4.78 is 0. The van der Waals surface area contributed by atoms with Gasteiger partial charge in [-0.1, -0.05) is 30.3 Å². The molecule has 0 saturated heterocycles. The van der Waals surface area contributed by atoms with Gasteiger partial charge in [0.05, 0.1) is 12.1 Å². The number of carbonyl (C=O) groups excluding carboxylic acids is 1. The Bertz CT molecular complexity index is 1020. The van der Waals surface area contributed by atoms with Crippen LogP contribution in [-0.2, 0) is 6.61 Å². The van der Waals surface area contributed by atoms with Crippen molar-refractivity contribution in [1.82, 2.24) is 10.3 Å². The molecule has 0 atom stereocenters. The topological polar surface area (TPSA) is 74.2 Å². The molecule has 4 rings (SSSR count). The number of pyridine rings is 1. The molecule has 1 heterocycles. The monoisotopic (exact) mass is 425 g/mol. The van der Waals surface area contributed by atoms with Crippen molar-refractivity contribution in [3.63, 3.8) is 0 Å². The molecule has 158 valence electrons. The van der Waals surface area contributed by atoms with Gasteiger partial charge < -0.3 is 15.7 Å². The summed E-state index contributed by atoms with van der Waals surface area (Å²) >= 11 is 0. The Morgan fingerprint density at radius 2 is 1.77 bits per heavy atom. The van der Waals surface area contributed by atoms with Crippen LogP contribution in [0.5, 0.6) is 0 Å². The maximum absolute atomic E-state index is 12.5. The van der Waals surface area contributed by atoms with Crippen LogP contribution >= 0.6 is 12.4 Å². The van der Waals surface area contributed by atoms with E-state index in [0.717, 1.165) is 42.6 Å². The molecule has 3 N–H and O–H groups in total. The molecule has 1 saturated carbocycles. The third kappa shape index (κ3) is 5.10. The van der Waals surface area contributed by atoms with E-state index in [-0.39, 0.29) is 31.0 Å². The Kier molecular flexibility index (Phi) is 7.29. The summed E-state index contributed by atoms with van der Waals surface area (Å²) in [6, 6.07) is 18.0. The smallest absolute Gasteiger partial charge is 0.251 e. The fourth-order valence-electron chi connectivity index (χ4n) is 4.09. The number of rotatable bonds is 5. The lowest BCUT2D eigenvalue weighted by Crippen LogP contribution is -2.40. The minimum Gasteiger partial charge on any atom is -0.392 e. The number of amides is 1. The summed E-state index contributed by atoms with van der Waals surface area (Å²) in [7, 11) is 0. The van der Waals surface area contributed by atoms with Crippen LogP contribution in [0, 0.1) is 6.92 Å². The highest BCUT2D eigenvalue weighted by Gasteiger charge is 2.23. The number of aromatic nitrogens is 1. The van der Waals surface area contributed by atoms with Crippen LogP contribution in [0.1, 0.15) is 47.2 Å². The van der Waals surface area contributed by atoms with Crippen LogP contribution in [-0.4, -0.2) is 28.1 Å². The van der Waals surface area contributed by atoms with Crippen LogP contribution in [0.2, 0.25) is 0 Å². The summed E-state index contributed by atoms with van der Waals surface area (Å²) in [5, 5.41) is 17.2. The molecule has 3 aromatic rings. The lowest BCUT2D eigenvalue weighted by Gasteiger charge is -2.30. The second kappa shape index (κ2) is 9.92. The van der Waals surface area contributed by atoms with Crippen molar-refractivity contribution in [1.29, 1.82) is 0 Å². The first-order valence-corrected chi connectivity index (χ1v) is 10.3. The Labute approximate surface area is 183 Å². The van der Waals surface area contributed by atoms with E-state index in [2.05, 4.69) is 29.7 Å². The van der Waals surface area contributed by atoms with Crippen molar-refractivity contribution < 1.29 is 9.90 Å².